The van der Waals surface area contributed by atoms with Crippen LogP contribution < -0.4 is 5.32 Å². The van der Waals surface area contributed by atoms with E-state index in [-0.39, 0.29) is 5.91 Å². The monoisotopic (exact) mass is 354 g/mol. The van der Waals surface area contributed by atoms with Crippen LogP contribution in [-0.4, -0.2) is 10.9 Å². The molecule has 0 saturated carbocycles. The standard InChI is InChI=1S/C12H8Br2N2O/c13-9-5-2-1-4-8(9)12(17)16-11-10(14)6-3-7-15-11/h1-7H,(H,15,16,17). The van der Waals surface area contributed by atoms with Gasteiger partial charge in [-0.25, -0.2) is 4.98 Å². The fraction of sp³-hybridized carbons (Fsp3) is 0. The van der Waals surface area contributed by atoms with Crippen molar-refractivity contribution in [2.45, 2.75) is 0 Å². The maximum absolute atomic E-state index is 12.0. The maximum atomic E-state index is 12.0. The van der Waals surface area contributed by atoms with Gasteiger partial charge in [-0.2, -0.15) is 0 Å². The molecule has 1 N–H and O–H groups in total. The summed E-state index contributed by atoms with van der Waals surface area (Å²) in [6.45, 7) is 0. The van der Waals surface area contributed by atoms with Gasteiger partial charge in [0.1, 0.15) is 5.82 Å². The number of rotatable bonds is 2. The first-order valence-electron chi connectivity index (χ1n) is 4.85. The summed E-state index contributed by atoms with van der Waals surface area (Å²) in [5.74, 6) is 0.310. The Morgan fingerprint density at radius 1 is 1.06 bits per heavy atom. The van der Waals surface area contributed by atoms with Gasteiger partial charge in [0.2, 0.25) is 0 Å². The molecule has 1 heterocycles. The molecule has 0 atom stereocenters. The maximum Gasteiger partial charge on any atom is 0.257 e. The highest BCUT2D eigenvalue weighted by atomic mass is 79.9. The van der Waals surface area contributed by atoms with Crippen LogP contribution in [0.4, 0.5) is 5.82 Å². The zero-order chi connectivity index (χ0) is 12.3. The molecule has 0 saturated heterocycles. The van der Waals surface area contributed by atoms with E-state index >= 15 is 0 Å². The molecule has 0 bridgehead atoms. The average Bonchev–Trinajstić information content (AvgIpc) is 2.32. The number of carbonyl (C=O) groups excluding carboxylic acids is 1. The summed E-state index contributed by atoms with van der Waals surface area (Å²) in [5.41, 5.74) is 0.574. The Hall–Kier alpha value is -1.20. The van der Waals surface area contributed by atoms with E-state index in [0.29, 0.717) is 11.4 Å². The summed E-state index contributed by atoms with van der Waals surface area (Å²) in [7, 11) is 0. The van der Waals surface area contributed by atoms with Gasteiger partial charge in [-0.05, 0) is 56.1 Å². The Kier molecular flexibility index (Phi) is 3.91. The number of nitrogens with one attached hydrogen (secondary N) is 1. The smallest absolute Gasteiger partial charge is 0.257 e. The fourth-order valence-electron chi connectivity index (χ4n) is 1.30. The van der Waals surface area contributed by atoms with Crippen LogP contribution in [-0.2, 0) is 0 Å². The van der Waals surface area contributed by atoms with E-state index in [1.165, 1.54) is 0 Å². The molecule has 0 aliphatic heterocycles. The van der Waals surface area contributed by atoms with E-state index in [2.05, 4.69) is 42.2 Å². The summed E-state index contributed by atoms with van der Waals surface area (Å²) in [6, 6.07) is 10.9. The Morgan fingerprint density at radius 2 is 1.76 bits per heavy atom. The molecule has 0 radical (unpaired) electrons. The molecule has 2 aromatic rings. The number of benzene rings is 1. The van der Waals surface area contributed by atoms with Crippen molar-refractivity contribution in [2.24, 2.45) is 0 Å². The molecule has 86 valence electrons. The zero-order valence-electron chi connectivity index (χ0n) is 8.65. The van der Waals surface area contributed by atoms with Crippen molar-refractivity contribution in [3.63, 3.8) is 0 Å². The molecule has 0 spiro atoms. The molecule has 17 heavy (non-hydrogen) atoms. The third-order valence-electron chi connectivity index (χ3n) is 2.11. The summed E-state index contributed by atoms with van der Waals surface area (Å²) in [4.78, 5) is 16.1. The quantitative estimate of drug-likeness (QED) is 0.888. The van der Waals surface area contributed by atoms with Crippen LogP contribution >= 0.6 is 31.9 Å². The number of hydrogen-bond donors (Lipinski definition) is 1. The lowest BCUT2D eigenvalue weighted by molar-refractivity contribution is 0.102. The number of carbonyl (C=O) groups is 1. The highest BCUT2D eigenvalue weighted by Crippen LogP contribution is 2.21. The normalized spacial score (nSPS) is 10.0. The van der Waals surface area contributed by atoms with E-state index in [9.17, 15) is 4.79 Å². The second-order valence-electron chi connectivity index (χ2n) is 3.27. The predicted molar refractivity (Wildman–Crippen MR) is 74.0 cm³/mol. The van der Waals surface area contributed by atoms with Crippen LogP contribution in [0.2, 0.25) is 0 Å². The molecule has 0 aliphatic rings. The van der Waals surface area contributed by atoms with Crippen LogP contribution in [0, 0.1) is 0 Å². The van der Waals surface area contributed by atoms with Gasteiger partial charge < -0.3 is 5.32 Å². The number of pyridine rings is 1. The molecular weight excluding hydrogens is 348 g/mol. The Morgan fingerprint density at radius 3 is 2.47 bits per heavy atom. The van der Waals surface area contributed by atoms with Gasteiger partial charge in [-0.1, -0.05) is 12.1 Å². The summed E-state index contributed by atoms with van der Waals surface area (Å²) >= 11 is 6.66. The number of anilines is 1. The molecule has 1 amide bonds. The lowest BCUT2D eigenvalue weighted by atomic mass is 10.2. The average molecular weight is 356 g/mol. The van der Waals surface area contributed by atoms with Gasteiger partial charge in [0.15, 0.2) is 0 Å². The lowest BCUT2D eigenvalue weighted by Crippen LogP contribution is -2.13. The number of hydrogen-bond acceptors (Lipinski definition) is 2. The molecule has 2 rings (SSSR count). The molecule has 3 nitrogen and oxygen atoms in total. The van der Waals surface area contributed by atoms with Crippen molar-refractivity contribution in [2.75, 3.05) is 5.32 Å². The van der Waals surface area contributed by atoms with Crippen molar-refractivity contribution >= 4 is 43.6 Å². The van der Waals surface area contributed by atoms with Crippen LogP contribution in [0.1, 0.15) is 10.4 Å². The minimum Gasteiger partial charge on any atom is -0.306 e. The highest BCUT2D eigenvalue weighted by Gasteiger charge is 2.11. The minimum atomic E-state index is -0.197. The summed E-state index contributed by atoms with van der Waals surface area (Å²) in [5, 5.41) is 2.74. The third kappa shape index (κ3) is 2.92. The molecule has 1 aromatic heterocycles. The van der Waals surface area contributed by atoms with Crippen molar-refractivity contribution in [3.05, 3.63) is 57.1 Å². The van der Waals surface area contributed by atoms with E-state index in [1.54, 1.807) is 18.3 Å². The first kappa shape index (κ1) is 12.3. The molecular formula is C12H8Br2N2O. The van der Waals surface area contributed by atoms with Crippen molar-refractivity contribution in [3.8, 4) is 0 Å². The Labute approximate surface area is 116 Å². The third-order valence-corrected chi connectivity index (χ3v) is 3.44. The van der Waals surface area contributed by atoms with Gasteiger partial charge in [0.25, 0.3) is 5.91 Å². The van der Waals surface area contributed by atoms with E-state index in [4.69, 9.17) is 0 Å². The van der Waals surface area contributed by atoms with Crippen LogP contribution in [0.5, 0.6) is 0 Å². The highest BCUT2D eigenvalue weighted by molar-refractivity contribution is 9.11. The molecule has 0 fully saturated rings. The summed E-state index contributed by atoms with van der Waals surface area (Å²) in [6.07, 6.45) is 1.63. The largest absolute Gasteiger partial charge is 0.306 e. The van der Waals surface area contributed by atoms with E-state index in [1.807, 2.05) is 24.3 Å². The van der Waals surface area contributed by atoms with Gasteiger partial charge in [0, 0.05) is 10.7 Å². The first-order valence-corrected chi connectivity index (χ1v) is 6.43. The number of amides is 1. The molecule has 0 aliphatic carbocycles. The number of nitrogens with zero attached hydrogens (tertiary/aromatic N) is 1. The Bertz CT molecular complexity index is 558. The Balaban J connectivity index is 2.24. The zero-order valence-corrected chi connectivity index (χ0v) is 11.8. The number of halogens is 2. The second-order valence-corrected chi connectivity index (χ2v) is 4.98. The van der Waals surface area contributed by atoms with Crippen molar-refractivity contribution in [1.29, 1.82) is 0 Å². The van der Waals surface area contributed by atoms with Gasteiger partial charge in [-0.15, -0.1) is 0 Å². The lowest BCUT2D eigenvalue weighted by Gasteiger charge is -2.07. The SMILES string of the molecule is O=C(Nc1ncccc1Br)c1ccccc1Br. The molecule has 5 heteroatoms. The van der Waals surface area contributed by atoms with Gasteiger partial charge >= 0.3 is 0 Å². The number of aromatic nitrogens is 1. The van der Waals surface area contributed by atoms with E-state index < -0.39 is 0 Å². The van der Waals surface area contributed by atoms with Crippen LogP contribution in [0.25, 0.3) is 0 Å². The first-order chi connectivity index (χ1) is 8.18. The fourth-order valence-corrected chi connectivity index (χ4v) is 2.12. The van der Waals surface area contributed by atoms with Gasteiger partial charge in [-0.3, -0.25) is 4.79 Å². The topological polar surface area (TPSA) is 42.0 Å². The van der Waals surface area contributed by atoms with Crippen molar-refractivity contribution in [1.82, 2.24) is 4.98 Å². The van der Waals surface area contributed by atoms with E-state index in [0.717, 1.165) is 8.95 Å². The minimum absolute atomic E-state index is 0.197. The molecule has 0 unspecified atom stereocenters. The molecule has 1 aromatic carbocycles. The second kappa shape index (κ2) is 5.42. The van der Waals surface area contributed by atoms with Crippen LogP contribution in [0.15, 0.2) is 51.5 Å². The predicted octanol–water partition coefficient (Wildman–Crippen LogP) is 3.86. The summed E-state index contributed by atoms with van der Waals surface area (Å²) < 4.78 is 1.50. The van der Waals surface area contributed by atoms with Crippen molar-refractivity contribution < 1.29 is 4.79 Å². The van der Waals surface area contributed by atoms with Crippen LogP contribution in [0.3, 0.4) is 0 Å². The van der Waals surface area contributed by atoms with Gasteiger partial charge in [0.05, 0.1) is 10.0 Å².